The maximum atomic E-state index is 12.4. The zero-order valence-corrected chi connectivity index (χ0v) is 12.3. The number of fused-ring (bicyclic) bond motifs is 3. The molecule has 1 saturated carbocycles. The van der Waals surface area contributed by atoms with Crippen LogP contribution in [-0.4, -0.2) is 35.9 Å². The zero-order chi connectivity index (χ0) is 14.5. The lowest BCUT2D eigenvalue weighted by atomic mass is 9.58. The Bertz CT molecular complexity index is 516. The molecule has 116 valence electrons. The minimum atomic E-state index is -0.827. The van der Waals surface area contributed by atoms with Crippen molar-refractivity contribution in [1.82, 2.24) is 0 Å². The Hall–Kier alpha value is -0.690. The first-order valence-electron chi connectivity index (χ1n) is 7.90. The van der Waals surface area contributed by atoms with Crippen LogP contribution in [0, 0.1) is 17.8 Å². The van der Waals surface area contributed by atoms with E-state index in [1.54, 1.807) is 0 Å². The monoisotopic (exact) mass is 296 g/mol. The molecule has 0 aromatic heterocycles. The fourth-order valence-electron chi connectivity index (χ4n) is 5.03. The molecule has 0 unspecified atom stereocenters. The van der Waals surface area contributed by atoms with Crippen molar-refractivity contribution in [3.63, 3.8) is 0 Å². The number of carbonyl (C=O) groups excluding carboxylic acids is 1. The minimum Gasteiger partial charge on any atom is -0.430 e. The van der Waals surface area contributed by atoms with Crippen molar-refractivity contribution in [2.24, 2.45) is 17.8 Å². The van der Waals surface area contributed by atoms with Gasteiger partial charge in [0.1, 0.15) is 0 Å². The molecule has 6 nitrogen and oxygen atoms in total. The van der Waals surface area contributed by atoms with Crippen molar-refractivity contribution >= 4 is 5.97 Å². The van der Waals surface area contributed by atoms with E-state index in [0.717, 1.165) is 25.7 Å². The first kappa shape index (κ1) is 12.8. The number of epoxide rings is 1. The molecule has 0 amide bonds. The summed E-state index contributed by atoms with van der Waals surface area (Å²) < 4.78 is 17.2. The Morgan fingerprint density at radius 1 is 1.19 bits per heavy atom. The Kier molecular flexibility index (Phi) is 2.21. The summed E-state index contributed by atoms with van der Waals surface area (Å²) in [6.07, 6.45) is 2.98. The van der Waals surface area contributed by atoms with Gasteiger partial charge in [0, 0.05) is 18.3 Å². The van der Waals surface area contributed by atoms with E-state index in [-0.39, 0.29) is 17.8 Å². The Labute approximate surface area is 122 Å². The van der Waals surface area contributed by atoms with Gasteiger partial charge >= 0.3 is 5.97 Å². The first-order chi connectivity index (χ1) is 10.0. The summed E-state index contributed by atoms with van der Waals surface area (Å²) in [5.74, 6) is -0.410. The molecule has 2 spiro atoms. The smallest absolute Gasteiger partial charge is 0.343 e. The normalized spacial score (nSPS) is 61.1. The van der Waals surface area contributed by atoms with Gasteiger partial charge in [-0.25, -0.2) is 14.6 Å². The topological polar surface area (TPSA) is 66.5 Å². The van der Waals surface area contributed by atoms with E-state index in [2.05, 4.69) is 6.92 Å². The van der Waals surface area contributed by atoms with Crippen molar-refractivity contribution in [2.75, 3.05) is 6.61 Å². The number of esters is 1. The molecule has 6 heteroatoms. The van der Waals surface area contributed by atoms with Crippen LogP contribution < -0.4 is 0 Å². The fraction of sp³-hybridized carbons (Fsp3) is 0.933. The summed E-state index contributed by atoms with van der Waals surface area (Å²) in [4.78, 5) is 24.0. The third-order valence-corrected chi connectivity index (χ3v) is 6.30. The number of carbonyl (C=O) groups is 1. The third-order valence-electron chi connectivity index (χ3n) is 6.30. The second-order valence-electron chi connectivity index (χ2n) is 7.44. The van der Waals surface area contributed by atoms with Crippen LogP contribution in [0.15, 0.2) is 0 Å². The molecule has 6 fully saturated rings. The highest BCUT2D eigenvalue weighted by Gasteiger charge is 2.78. The van der Waals surface area contributed by atoms with Crippen molar-refractivity contribution in [3.05, 3.63) is 0 Å². The van der Waals surface area contributed by atoms with Crippen LogP contribution in [0.3, 0.4) is 0 Å². The molecule has 0 aromatic rings. The molecule has 6 aliphatic rings. The van der Waals surface area contributed by atoms with Gasteiger partial charge in [0.2, 0.25) is 12.1 Å². The second kappa shape index (κ2) is 3.62. The number of rotatable bonds is 0. The maximum absolute atomic E-state index is 12.4. The van der Waals surface area contributed by atoms with Crippen LogP contribution in [0.4, 0.5) is 0 Å². The molecule has 21 heavy (non-hydrogen) atoms. The standard InChI is InChI=1S/C15H20O6/c1-8-3-4-10-14(7-17-14)11(16)18-12-15(10)9(8)5-6-13(2,19-12)20-21-15/h8-10,12H,3-7H2,1-2H3/t8-,9+,10+,12-,13-,14+,15-/m1/s1. The quantitative estimate of drug-likeness (QED) is 0.384. The van der Waals surface area contributed by atoms with Crippen molar-refractivity contribution < 1.29 is 28.8 Å². The predicted octanol–water partition coefficient (Wildman–Crippen LogP) is 1.53. The van der Waals surface area contributed by atoms with Gasteiger partial charge in [0.15, 0.2) is 11.2 Å². The van der Waals surface area contributed by atoms with E-state index >= 15 is 0 Å². The molecular formula is C15H20O6. The number of hydrogen-bond donors (Lipinski definition) is 0. The van der Waals surface area contributed by atoms with Gasteiger partial charge in [0.25, 0.3) is 0 Å². The van der Waals surface area contributed by atoms with Crippen molar-refractivity contribution in [2.45, 2.75) is 62.8 Å². The Morgan fingerprint density at radius 2 is 2.00 bits per heavy atom. The molecule has 0 radical (unpaired) electrons. The van der Waals surface area contributed by atoms with Gasteiger partial charge in [-0.1, -0.05) is 6.92 Å². The van der Waals surface area contributed by atoms with Gasteiger partial charge in [-0.2, -0.15) is 0 Å². The largest absolute Gasteiger partial charge is 0.430 e. The van der Waals surface area contributed by atoms with Crippen LogP contribution in [-0.2, 0) is 28.8 Å². The second-order valence-corrected chi connectivity index (χ2v) is 7.44. The van der Waals surface area contributed by atoms with Gasteiger partial charge in [-0.3, -0.25) is 0 Å². The molecule has 1 aliphatic carbocycles. The predicted molar refractivity (Wildman–Crippen MR) is 67.6 cm³/mol. The summed E-state index contributed by atoms with van der Waals surface area (Å²) in [6, 6.07) is 0. The summed E-state index contributed by atoms with van der Waals surface area (Å²) >= 11 is 0. The van der Waals surface area contributed by atoms with Gasteiger partial charge < -0.3 is 14.2 Å². The number of ether oxygens (including phenoxy) is 3. The average Bonchev–Trinajstić information content (AvgIpc) is 3.24. The molecular weight excluding hydrogens is 276 g/mol. The van der Waals surface area contributed by atoms with Crippen LogP contribution in [0.5, 0.6) is 0 Å². The molecule has 0 N–H and O–H groups in total. The summed E-state index contributed by atoms with van der Waals surface area (Å²) in [7, 11) is 0. The van der Waals surface area contributed by atoms with Gasteiger partial charge in [-0.05, 0) is 32.1 Å². The summed E-state index contributed by atoms with van der Waals surface area (Å²) in [5, 5.41) is 0. The molecule has 7 atom stereocenters. The molecule has 5 heterocycles. The van der Waals surface area contributed by atoms with Crippen molar-refractivity contribution in [3.8, 4) is 0 Å². The van der Waals surface area contributed by atoms with E-state index in [1.807, 2.05) is 6.92 Å². The highest BCUT2D eigenvalue weighted by atomic mass is 17.3. The van der Waals surface area contributed by atoms with E-state index < -0.39 is 23.3 Å². The highest BCUT2D eigenvalue weighted by Crippen LogP contribution is 2.63. The minimum absolute atomic E-state index is 0.0416. The van der Waals surface area contributed by atoms with Crippen LogP contribution in [0.1, 0.15) is 39.5 Å². The van der Waals surface area contributed by atoms with E-state index in [9.17, 15) is 4.79 Å². The highest BCUT2D eigenvalue weighted by molar-refractivity contribution is 5.84. The Morgan fingerprint density at radius 3 is 2.76 bits per heavy atom. The third kappa shape index (κ3) is 1.36. The van der Waals surface area contributed by atoms with Crippen LogP contribution in [0.2, 0.25) is 0 Å². The lowest BCUT2D eigenvalue weighted by Crippen LogP contribution is -2.72. The first-order valence-corrected chi connectivity index (χ1v) is 7.90. The maximum Gasteiger partial charge on any atom is 0.343 e. The molecule has 5 aliphatic heterocycles. The SMILES string of the molecule is C[C@@H]1CC[C@@H]2[C@]34OO[C@](C)(CC[C@@H]13)O[C@H]4OC(=O)[C@]21CO1. The van der Waals surface area contributed by atoms with E-state index in [1.165, 1.54) is 0 Å². The summed E-state index contributed by atoms with van der Waals surface area (Å²) in [5.41, 5.74) is -1.53. The van der Waals surface area contributed by atoms with Crippen LogP contribution >= 0.6 is 0 Å². The molecule has 5 saturated heterocycles. The summed E-state index contributed by atoms with van der Waals surface area (Å²) in [6.45, 7) is 4.52. The number of hydrogen-bond acceptors (Lipinski definition) is 6. The molecule has 0 aromatic carbocycles. The zero-order valence-electron chi connectivity index (χ0n) is 12.3. The van der Waals surface area contributed by atoms with E-state index in [4.69, 9.17) is 24.0 Å². The van der Waals surface area contributed by atoms with Gasteiger partial charge in [0.05, 0.1) is 6.61 Å². The lowest BCUT2D eigenvalue weighted by molar-refractivity contribution is -0.559. The molecule has 6 rings (SSSR count). The molecule has 2 bridgehead atoms. The van der Waals surface area contributed by atoms with Crippen molar-refractivity contribution in [1.29, 1.82) is 0 Å². The van der Waals surface area contributed by atoms with Crippen LogP contribution in [0.25, 0.3) is 0 Å². The average molecular weight is 296 g/mol. The van der Waals surface area contributed by atoms with Gasteiger partial charge in [-0.15, -0.1) is 0 Å². The Balaban J connectivity index is 1.68. The lowest BCUT2D eigenvalue weighted by Gasteiger charge is -2.57. The van der Waals surface area contributed by atoms with E-state index in [0.29, 0.717) is 12.5 Å². The fourth-order valence-corrected chi connectivity index (χ4v) is 5.03.